The van der Waals surface area contributed by atoms with Crippen LogP contribution in [0, 0.1) is 0 Å². The van der Waals surface area contributed by atoms with Crippen molar-refractivity contribution in [1.29, 1.82) is 0 Å². The number of nitrogens with zero attached hydrogens (tertiary/aromatic N) is 3. The lowest BCUT2D eigenvalue weighted by atomic mass is 10.2. The maximum absolute atomic E-state index is 12.3. The van der Waals surface area contributed by atoms with Crippen LogP contribution in [0.1, 0.15) is 11.5 Å². The molecule has 0 fully saturated rings. The molecule has 6 nitrogen and oxygen atoms in total. The van der Waals surface area contributed by atoms with Crippen LogP contribution in [0.5, 0.6) is 5.75 Å². The van der Waals surface area contributed by atoms with E-state index in [1.54, 1.807) is 20.2 Å². The van der Waals surface area contributed by atoms with Crippen molar-refractivity contribution in [2.45, 2.75) is 6.54 Å². The number of likely N-dealkylation sites (N-methyl/N-ethyl adjacent to an activating group) is 1. The Kier molecular flexibility index (Phi) is 5.43. The lowest BCUT2D eigenvalue weighted by Crippen LogP contribution is -2.24. The van der Waals surface area contributed by atoms with Gasteiger partial charge in [-0.3, -0.25) is 4.79 Å². The molecular weight excluding hydrogens is 330 g/mol. The first-order valence-corrected chi connectivity index (χ1v) is 8.11. The minimum atomic E-state index is -0.171. The Hall–Kier alpha value is -3.41. The van der Waals surface area contributed by atoms with E-state index >= 15 is 0 Å². The highest BCUT2D eigenvalue weighted by Gasteiger charge is 2.13. The zero-order valence-corrected chi connectivity index (χ0v) is 14.6. The summed E-state index contributed by atoms with van der Waals surface area (Å²) in [6.45, 7) is 0.231. The van der Waals surface area contributed by atoms with Gasteiger partial charge in [0, 0.05) is 24.3 Å². The molecule has 3 rings (SSSR count). The molecule has 26 heavy (non-hydrogen) atoms. The lowest BCUT2D eigenvalue weighted by molar-refractivity contribution is -0.125. The van der Waals surface area contributed by atoms with E-state index in [0.717, 1.165) is 11.1 Å². The van der Waals surface area contributed by atoms with Gasteiger partial charge >= 0.3 is 0 Å². The van der Waals surface area contributed by atoms with Crippen molar-refractivity contribution < 1.29 is 14.1 Å². The van der Waals surface area contributed by atoms with Crippen LogP contribution in [0.4, 0.5) is 0 Å². The van der Waals surface area contributed by atoms with Gasteiger partial charge in [-0.1, -0.05) is 53.7 Å². The van der Waals surface area contributed by atoms with Crippen molar-refractivity contribution in [3.8, 4) is 17.1 Å². The van der Waals surface area contributed by atoms with Crippen LogP contribution in [0.25, 0.3) is 17.5 Å². The molecule has 1 aromatic heterocycles. The fourth-order valence-electron chi connectivity index (χ4n) is 2.40. The fraction of sp³-hybridized carbons (Fsp3) is 0.150. The second kappa shape index (κ2) is 8.11. The summed E-state index contributed by atoms with van der Waals surface area (Å²) in [5.74, 6) is 1.43. The first-order chi connectivity index (χ1) is 12.7. The van der Waals surface area contributed by atoms with E-state index in [2.05, 4.69) is 10.1 Å². The Labute approximate surface area is 151 Å². The van der Waals surface area contributed by atoms with Gasteiger partial charge in [0.05, 0.1) is 13.7 Å². The van der Waals surface area contributed by atoms with Gasteiger partial charge in [0.2, 0.25) is 17.6 Å². The SMILES string of the molecule is COc1ccccc1C=CC(=O)N(C)Cc1nc(-c2ccccc2)no1. The fourth-order valence-corrected chi connectivity index (χ4v) is 2.40. The largest absolute Gasteiger partial charge is 0.496 e. The van der Waals surface area contributed by atoms with Crippen LogP contribution in [0.2, 0.25) is 0 Å². The van der Waals surface area contributed by atoms with E-state index in [1.807, 2.05) is 54.6 Å². The van der Waals surface area contributed by atoms with Gasteiger partial charge in [0.15, 0.2) is 0 Å². The van der Waals surface area contributed by atoms with Gasteiger partial charge < -0.3 is 14.2 Å². The van der Waals surface area contributed by atoms with Crippen LogP contribution in [0.15, 0.2) is 65.2 Å². The Balaban J connectivity index is 1.64. The molecular formula is C20H19N3O3. The molecule has 0 N–H and O–H groups in total. The van der Waals surface area contributed by atoms with E-state index in [-0.39, 0.29) is 12.5 Å². The molecule has 0 unspecified atom stereocenters. The van der Waals surface area contributed by atoms with Crippen LogP contribution in [-0.2, 0) is 11.3 Å². The van der Waals surface area contributed by atoms with Crippen molar-refractivity contribution in [2.75, 3.05) is 14.2 Å². The topological polar surface area (TPSA) is 68.5 Å². The second-order valence-corrected chi connectivity index (χ2v) is 5.65. The van der Waals surface area contributed by atoms with Crippen LogP contribution in [0.3, 0.4) is 0 Å². The molecule has 0 aliphatic heterocycles. The molecule has 3 aromatic rings. The molecule has 1 heterocycles. The summed E-state index contributed by atoms with van der Waals surface area (Å²) in [5.41, 5.74) is 1.70. The standard InChI is InChI=1S/C20H19N3O3/c1-23(19(24)13-12-15-8-6-7-11-17(15)25-2)14-18-21-20(22-26-18)16-9-4-3-5-10-16/h3-13H,14H2,1-2H3. The molecule has 0 saturated carbocycles. The number of para-hydroxylation sites is 1. The monoisotopic (exact) mass is 349 g/mol. The smallest absolute Gasteiger partial charge is 0.246 e. The van der Waals surface area contributed by atoms with Crippen molar-refractivity contribution in [2.24, 2.45) is 0 Å². The summed E-state index contributed by atoms with van der Waals surface area (Å²) in [4.78, 5) is 18.1. The number of methoxy groups -OCH3 is 1. The average molecular weight is 349 g/mol. The van der Waals surface area contributed by atoms with E-state index in [9.17, 15) is 4.79 Å². The zero-order chi connectivity index (χ0) is 18.4. The molecule has 132 valence electrons. The number of hydrogen-bond donors (Lipinski definition) is 0. The number of carbonyl (C=O) groups is 1. The predicted octanol–water partition coefficient (Wildman–Crippen LogP) is 3.42. The number of aromatic nitrogens is 2. The minimum Gasteiger partial charge on any atom is -0.496 e. The Morgan fingerprint density at radius 2 is 1.88 bits per heavy atom. The summed E-state index contributed by atoms with van der Waals surface area (Å²) in [6, 6.07) is 17.0. The molecule has 0 aliphatic carbocycles. The highest BCUT2D eigenvalue weighted by atomic mass is 16.5. The first kappa shape index (κ1) is 17.4. The summed E-state index contributed by atoms with van der Waals surface area (Å²) in [5, 5.41) is 3.96. The van der Waals surface area contributed by atoms with Gasteiger partial charge in [-0.2, -0.15) is 4.98 Å². The number of ether oxygens (including phenoxy) is 1. The Morgan fingerprint density at radius 3 is 2.65 bits per heavy atom. The van der Waals surface area contributed by atoms with Crippen LogP contribution >= 0.6 is 0 Å². The van der Waals surface area contributed by atoms with Gasteiger partial charge in [0.25, 0.3) is 0 Å². The van der Waals surface area contributed by atoms with E-state index in [0.29, 0.717) is 17.5 Å². The maximum atomic E-state index is 12.3. The van der Waals surface area contributed by atoms with Crippen molar-refractivity contribution in [3.63, 3.8) is 0 Å². The first-order valence-electron chi connectivity index (χ1n) is 8.11. The molecule has 0 atom stereocenters. The number of amides is 1. The molecule has 0 bridgehead atoms. The Morgan fingerprint density at radius 1 is 1.15 bits per heavy atom. The van der Waals surface area contributed by atoms with E-state index in [4.69, 9.17) is 9.26 Å². The molecule has 0 aliphatic rings. The normalized spacial score (nSPS) is 10.8. The van der Waals surface area contributed by atoms with Crippen molar-refractivity contribution in [3.05, 3.63) is 72.1 Å². The Bertz CT molecular complexity index is 903. The number of benzene rings is 2. The lowest BCUT2D eigenvalue weighted by Gasteiger charge is -2.12. The quantitative estimate of drug-likeness (QED) is 0.638. The minimum absolute atomic E-state index is 0.171. The third-order valence-corrected chi connectivity index (χ3v) is 3.79. The molecule has 6 heteroatoms. The molecule has 0 saturated heterocycles. The van der Waals surface area contributed by atoms with Crippen molar-refractivity contribution >= 4 is 12.0 Å². The van der Waals surface area contributed by atoms with Crippen molar-refractivity contribution in [1.82, 2.24) is 15.0 Å². The molecule has 2 aromatic carbocycles. The number of carbonyl (C=O) groups excluding carboxylic acids is 1. The predicted molar refractivity (Wildman–Crippen MR) is 98.2 cm³/mol. The summed E-state index contributed by atoms with van der Waals surface area (Å²) >= 11 is 0. The van der Waals surface area contributed by atoms with Gasteiger partial charge in [-0.25, -0.2) is 0 Å². The highest BCUT2D eigenvalue weighted by molar-refractivity contribution is 5.91. The second-order valence-electron chi connectivity index (χ2n) is 5.65. The van der Waals surface area contributed by atoms with Gasteiger partial charge in [0.1, 0.15) is 5.75 Å². The average Bonchev–Trinajstić information content (AvgIpc) is 3.15. The van der Waals surface area contributed by atoms with Gasteiger partial charge in [-0.05, 0) is 12.1 Å². The summed E-state index contributed by atoms with van der Waals surface area (Å²) < 4.78 is 10.5. The summed E-state index contributed by atoms with van der Waals surface area (Å²) in [7, 11) is 3.28. The number of hydrogen-bond acceptors (Lipinski definition) is 5. The highest BCUT2D eigenvalue weighted by Crippen LogP contribution is 2.19. The third-order valence-electron chi connectivity index (χ3n) is 3.79. The third kappa shape index (κ3) is 4.16. The van der Waals surface area contributed by atoms with E-state index < -0.39 is 0 Å². The molecule has 0 spiro atoms. The van der Waals surface area contributed by atoms with Gasteiger partial charge in [-0.15, -0.1) is 0 Å². The number of rotatable bonds is 6. The molecule has 0 radical (unpaired) electrons. The molecule has 1 amide bonds. The van der Waals surface area contributed by atoms with Crippen LogP contribution in [-0.4, -0.2) is 35.1 Å². The maximum Gasteiger partial charge on any atom is 0.246 e. The zero-order valence-electron chi connectivity index (χ0n) is 14.6. The van der Waals surface area contributed by atoms with E-state index in [1.165, 1.54) is 11.0 Å². The summed E-state index contributed by atoms with van der Waals surface area (Å²) in [6.07, 6.45) is 3.22. The van der Waals surface area contributed by atoms with Crippen LogP contribution < -0.4 is 4.74 Å².